The summed E-state index contributed by atoms with van der Waals surface area (Å²) in [6.45, 7) is 13.2. The first-order valence-corrected chi connectivity index (χ1v) is 5.06. The molecule has 0 aromatic rings. The van der Waals surface area contributed by atoms with Gasteiger partial charge >= 0.3 is 0 Å². The highest BCUT2D eigenvalue weighted by atomic mass is 16.6. The van der Waals surface area contributed by atoms with E-state index < -0.39 is 0 Å². The van der Waals surface area contributed by atoms with Crippen molar-refractivity contribution < 1.29 is 4.84 Å². The van der Waals surface area contributed by atoms with Crippen molar-refractivity contribution in [2.45, 2.75) is 41.5 Å². The Labute approximate surface area is 87.0 Å². The van der Waals surface area contributed by atoms with Gasteiger partial charge in [0.25, 0.3) is 0 Å². The van der Waals surface area contributed by atoms with E-state index >= 15 is 0 Å². The van der Waals surface area contributed by atoms with Crippen LogP contribution in [0.25, 0.3) is 0 Å². The van der Waals surface area contributed by atoms with Crippen LogP contribution in [-0.4, -0.2) is 0 Å². The van der Waals surface area contributed by atoms with E-state index in [1.54, 1.807) is 6.26 Å². The van der Waals surface area contributed by atoms with Gasteiger partial charge in [-0.2, -0.15) is 0 Å². The van der Waals surface area contributed by atoms with Crippen LogP contribution in [0.1, 0.15) is 41.5 Å². The number of hydrogen-bond acceptors (Lipinski definition) is 2. The van der Waals surface area contributed by atoms with Gasteiger partial charge in [0, 0.05) is 5.41 Å². The van der Waals surface area contributed by atoms with Gasteiger partial charge in [-0.15, -0.1) is 0 Å². The molecule has 80 valence electrons. The molecule has 1 heterocycles. The van der Waals surface area contributed by atoms with E-state index in [0.29, 0.717) is 0 Å². The van der Waals surface area contributed by atoms with Crippen LogP contribution < -0.4 is 5.48 Å². The topological polar surface area (TPSA) is 21.3 Å². The van der Waals surface area contributed by atoms with Gasteiger partial charge in [-0.1, -0.05) is 41.5 Å². The van der Waals surface area contributed by atoms with Crippen molar-refractivity contribution in [2.75, 3.05) is 0 Å². The summed E-state index contributed by atoms with van der Waals surface area (Å²) >= 11 is 0. The zero-order valence-electron chi connectivity index (χ0n) is 10.1. The lowest BCUT2D eigenvalue weighted by molar-refractivity contribution is 0.131. The summed E-state index contributed by atoms with van der Waals surface area (Å²) in [5, 5.41) is 0. The lowest BCUT2D eigenvalue weighted by Crippen LogP contribution is -2.30. The summed E-state index contributed by atoms with van der Waals surface area (Å²) in [5.41, 5.74) is 5.74. The van der Waals surface area contributed by atoms with Gasteiger partial charge in [0.2, 0.25) is 0 Å². The zero-order valence-corrected chi connectivity index (χ0v) is 10.1. The lowest BCUT2D eigenvalue weighted by atomic mass is 9.78. The van der Waals surface area contributed by atoms with Gasteiger partial charge in [0.15, 0.2) is 0 Å². The Morgan fingerprint density at radius 2 is 1.57 bits per heavy atom. The summed E-state index contributed by atoms with van der Waals surface area (Å²) in [6.07, 6.45) is 3.76. The van der Waals surface area contributed by atoms with Gasteiger partial charge in [0.05, 0.1) is 5.70 Å². The van der Waals surface area contributed by atoms with Crippen LogP contribution in [0.3, 0.4) is 0 Å². The first kappa shape index (κ1) is 11.2. The minimum atomic E-state index is 0.0906. The van der Waals surface area contributed by atoms with Crippen molar-refractivity contribution >= 4 is 0 Å². The molecule has 2 nitrogen and oxygen atoms in total. The molecule has 2 heteroatoms. The van der Waals surface area contributed by atoms with Crippen molar-refractivity contribution in [2.24, 2.45) is 10.8 Å². The SMILES string of the molecule is CC(C)(C)C1=C(C(C)(C)C)NOC=C1. The molecule has 0 aliphatic carbocycles. The molecule has 14 heavy (non-hydrogen) atoms. The second-order valence-electron chi connectivity index (χ2n) is 5.81. The molecule has 0 bridgehead atoms. The molecule has 0 saturated heterocycles. The third kappa shape index (κ3) is 2.31. The number of allylic oxidation sites excluding steroid dienone is 3. The summed E-state index contributed by atoms with van der Waals surface area (Å²) in [5.74, 6) is 0. The molecule has 1 rings (SSSR count). The van der Waals surface area contributed by atoms with E-state index in [4.69, 9.17) is 4.84 Å². The van der Waals surface area contributed by atoms with Crippen LogP contribution in [-0.2, 0) is 4.84 Å². The normalized spacial score (nSPS) is 17.9. The first-order valence-electron chi connectivity index (χ1n) is 5.06. The molecular weight excluding hydrogens is 174 g/mol. The van der Waals surface area contributed by atoms with E-state index in [1.165, 1.54) is 11.3 Å². The highest BCUT2D eigenvalue weighted by Gasteiger charge is 2.28. The Hall–Kier alpha value is -0.920. The maximum absolute atomic E-state index is 5.15. The van der Waals surface area contributed by atoms with Crippen molar-refractivity contribution in [3.05, 3.63) is 23.6 Å². The second-order valence-corrected chi connectivity index (χ2v) is 5.81. The number of rotatable bonds is 0. The highest BCUT2D eigenvalue weighted by Crippen LogP contribution is 2.36. The minimum Gasteiger partial charge on any atom is -0.390 e. The second kappa shape index (κ2) is 3.34. The average molecular weight is 195 g/mol. The Balaban J connectivity index is 3.18. The molecule has 0 radical (unpaired) electrons. The molecule has 0 fully saturated rings. The van der Waals surface area contributed by atoms with E-state index in [-0.39, 0.29) is 10.8 Å². The molecule has 0 aromatic carbocycles. The molecule has 1 aliphatic rings. The third-order valence-corrected chi connectivity index (χ3v) is 2.29. The van der Waals surface area contributed by atoms with Gasteiger partial charge in [-0.3, -0.25) is 0 Å². The van der Waals surface area contributed by atoms with Gasteiger partial charge in [0.1, 0.15) is 6.26 Å². The number of hydrogen-bond donors (Lipinski definition) is 1. The Bertz CT molecular complexity index is 274. The zero-order chi connectivity index (χ0) is 11.0. The molecule has 0 unspecified atom stereocenters. The molecular formula is C12H21NO. The van der Waals surface area contributed by atoms with Crippen molar-refractivity contribution in [1.82, 2.24) is 5.48 Å². The fraction of sp³-hybridized carbons (Fsp3) is 0.667. The Kier molecular flexibility index (Phi) is 2.66. The maximum Gasteiger partial charge on any atom is 0.119 e. The minimum absolute atomic E-state index is 0.0906. The number of nitrogens with one attached hydrogen (secondary N) is 1. The first-order chi connectivity index (χ1) is 6.23. The van der Waals surface area contributed by atoms with Crippen molar-refractivity contribution in [1.29, 1.82) is 0 Å². The van der Waals surface area contributed by atoms with Gasteiger partial charge in [-0.05, 0) is 17.1 Å². The predicted octanol–water partition coefficient (Wildman–Crippen LogP) is 3.38. The van der Waals surface area contributed by atoms with E-state index in [1.807, 2.05) is 0 Å². The van der Waals surface area contributed by atoms with Crippen LogP contribution in [0.5, 0.6) is 0 Å². The van der Waals surface area contributed by atoms with Crippen LogP contribution in [0.2, 0.25) is 0 Å². The largest absolute Gasteiger partial charge is 0.390 e. The average Bonchev–Trinajstić information content (AvgIpc) is 2.01. The summed E-state index contributed by atoms with van der Waals surface area (Å²) in [6, 6.07) is 0. The van der Waals surface area contributed by atoms with E-state index in [9.17, 15) is 0 Å². The lowest BCUT2D eigenvalue weighted by Gasteiger charge is -2.33. The smallest absolute Gasteiger partial charge is 0.119 e. The quantitative estimate of drug-likeness (QED) is 0.639. The van der Waals surface area contributed by atoms with Crippen LogP contribution in [0, 0.1) is 10.8 Å². The van der Waals surface area contributed by atoms with E-state index in [2.05, 4.69) is 53.1 Å². The molecule has 0 saturated carbocycles. The number of hydroxylamine groups is 1. The Morgan fingerprint density at radius 1 is 1.00 bits per heavy atom. The van der Waals surface area contributed by atoms with Crippen molar-refractivity contribution in [3.63, 3.8) is 0 Å². The monoisotopic (exact) mass is 195 g/mol. The molecule has 1 N–H and O–H groups in total. The molecule has 0 amide bonds. The molecule has 1 aliphatic heterocycles. The van der Waals surface area contributed by atoms with Crippen LogP contribution in [0.15, 0.2) is 23.6 Å². The third-order valence-electron chi connectivity index (χ3n) is 2.29. The fourth-order valence-corrected chi connectivity index (χ4v) is 1.52. The predicted molar refractivity (Wildman–Crippen MR) is 59.3 cm³/mol. The van der Waals surface area contributed by atoms with Gasteiger partial charge in [-0.25, -0.2) is 5.48 Å². The van der Waals surface area contributed by atoms with E-state index in [0.717, 1.165) is 0 Å². The molecule has 0 atom stereocenters. The van der Waals surface area contributed by atoms with Crippen LogP contribution in [0.4, 0.5) is 0 Å². The fourth-order valence-electron chi connectivity index (χ4n) is 1.52. The van der Waals surface area contributed by atoms with Crippen molar-refractivity contribution in [3.8, 4) is 0 Å². The van der Waals surface area contributed by atoms with Crippen LogP contribution >= 0.6 is 0 Å². The molecule has 0 aromatic heterocycles. The summed E-state index contributed by atoms with van der Waals surface area (Å²) < 4.78 is 0. The summed E-state index contributed by atoms with van der Waals surface area (Å²) in [7, 11) is 0. The Morgan fingerprint density at radius 3 is 1.93 bits per heavy atom. The maximum atomic E-state index is 5.15. The van der Waals surface area contributed by atoms with Gasteiger partial charge < -0.3 is 4.84 Å². The molecule has 0 spiro atoms. The highest BCUT2D eigenvalue weighted by molar-refractivity contribution is 5.33. The standard InChI is InChI=1S/C12H21NO/c1-11(2,3)9-7-8-14-13-10(9)12(4,5)6/h7-8,13H,1-6H3. The summed E-state index contributed by atoms with van der Waals surface area (Å²) in [4.78, 5) is 5.15.